The number of aromatic nitrogens is 1. The molecule has 1 heterocycles. The minimum Gasteiger partial charge on any atom is -0.497 e. The molecule has 0 aliphatic carbocycles. The summed E-state index contributed by atoms with van der Waals surface area (Å²) in [4.78, 5) is 4.52. The van der Waals surface area contributed by atoms with Crippen molar-refractivity contribution >= 4 is 0 Å². The van der Waals surface area contributed by atoms with Gasteiger partial charge in [-0.25, -0.2) is 0 Å². The van der Waals surface area contributed by atoms with Gasteiger partial charge in [-0.3, -0.25) is 4.98 Å². The summed E-state index contributed by atoms with van der Waals surface area (Å²) in [5.74, 6) is 0.847. The zero-order valence-corrected chi connectivity index (χ0v) is 11.9. The SMILES string of the molecule is CNCc1cccc(COCc2cccc(OC)c2)n1. The maximum Gasteiger partial charge on any atom is 0.119 e. The molecule has 1 aromatic heterocycles. The molecule has 0 atom stereocenters. The van der Waals surface area contributed by atoms with Crippen molar-refractivity contribution in [3.8, 4) is 5.75 Å². The summed E-state index contributed by atoms with van der Waals surface area (Å²) in [6, 6.07) is 13.9. The van der Waals surface area contributed by atoms with Crippen molar-refractivity contribution in [1.82, 2.24) is 10.3 Å². The highest BCUT2D eigenvalue weighted by Gasteiger charge is 2.00. The maximum atomic E-state index is 5.70. The zero-order chi connectivity index (χ0) is 14.2. The van der Waals surface area contributed by atoms with E-state index in [9.17, 15) is 0 Å². The number of benzene rings is 1. The number of nitrogens with one attached hydrogen (secondary N) is 1. The Bertz CT molecular complexity index is 544. The van der Waals surface area contributed by atoms with E-state index < -0.39 is 0 Å². The second-order valence-electron chi connectivity index (χ2n) is 4.49. The number of pyridine rings is 1. The molecule has 0 aliphatic heterocycles. The largest absolute Gasteiger partial charge is 0.497 e. The minimum absolute atomic E-state index is 0.509. The Morgan fingerprint density at radius 2 is 1.85 bits per heavy atom. The Balaban J connectivity index is 1.87. The fourth-order valence-corrected chi connectivity index (χ4v) is 1.92. The summed E-state index contributed by atoms with van der Waals surface area (Å²) >= 11 is 0. The Hall–Kier alpha value is -1.91. The smallest absolute Gasteiger partial charge is 0.119 e. The van der Waals surface area contributed by atoms with Crippen LogP contribution < -0.4 is 10.1 Å². The van der Waals surface area contributed by atoms with E-state index in [1.54, 1.807) is 7.11 Å². The van der Waals surface area contributed by atoms with Gasteiger partial charge in [-0.2, -0.15) is 0 Å². The molecule has 0 unspecified atom stereocenters. The average molecular weight is 272 g/mol. The fraction of sp³-hybridized carbons (Fsp3) is 0.312. The third-order valence-corrected chi connectivity index (χ3v) is 2.88. The molecule has 0 saturated carbocycles. The first-order valence-electron chi connectivity index (χ1n) is 6.62. The van der Waals surface area contributed by atoms with Gasteiger partial charge < -0.3 is 14.8 Å². The standard InChI is InChI=1S/C16H20N2O2/c1-17-10-14-6-4-7-15(18-14)12-20-11-13-5-3-8-16(9-13)19-2/h3-9,17H,10-12H2,1-2H3. The normalized spacial score (nSPS) is 10.5. The van der Waals surface area contributed by atoms with Gasteiger partial charge in [0.15, 0.2) is 0 Å². The highest BCUT2D eigenvalue weighted by Crippen LogP contribution is 2.13. The third-order valence-electron chi connectivity index (χ3n) is 2.88. The molecule has 0 fully saturated rings. The van der Waals surface area contributed by atoms with Crippen LogP contribution in [0.5, 0.6) is 5.75 Å². The van der Waals surface area contributed by atoms with E-state index in [1.807, 2.05) is 49.5 Å². The van der Waals surface area contributed by atoms with Gasteiger partial charge in [0.2, 0.25) is 0 Å². The molecule has 4 nitrogen and oxygen atoms in total. The summed E-state index contributed by atoms with van der Waals surface area (Å²) in [6.07, 6.45) is 0. The average Bonchev–Trinajstić information content (AvgIpc) is 2.48. The summed E-state index contributed by atoms with van der Waals surface area (Å²) in [5, 5.41) is 3.09. The molecule has 4 heteroatoms. The lowest BCUT2D eigenvalue weighted by molar-refractivity contribution is 0.104. The molecule has 2 aromatic rings. The van der Waals surface area contributed by atoms with Crippen molar-refractivity contribution in [1.29, 1.82) is 0 Å². The summed E-state index contributed by atoms with van der Waals surface area (Å²) < 4.78 is 10.9. The molecule has 0 radical (unpaired) electrons. The van der Waals surface area contributed by atoms with Gasteiger partial charge in [0.1, 0.15) is 5.75 Å². The van der Waals surface area contributed by atoms with E-state index >= 15 is 0 Å². The van der Waals surface area contributed by atoms with E-state index in [4.69, 9.17) is 9.47 Å². The maximum absolute atomic E-state index is 5.70. The fourth-order valence-electron chi connectivity index (χ4n) is 1.92. The number of hydrogen-bond acceptors (Lipinski definition) is 4. The Kier molecular flexibility index (Phi) is 5.53. The van der Waals surface area contributed by atoms with Crippen LogP contribution in [0.1, 0.15) is 17.0 Å². The van der Waals surface area contributed by atoms with Crippen LogP contribution in [0, 0.1) is 0 Å². The first-order valence-corrected chi connectivity index (χ1v) is 6.62. The van der Waals surface area contributed by atoms with Crippen molar-refractivity contribution in [2.75, 3.05) is 14.2 Å². The Morgan fingerprint density at radius 1 is 1.05 bits per heavy atom. The number of ether oxygens (including phenoxy) is 2. The number of rotatable bonds is 7. The van der Waals surface area contributed by atoms with Gasteiger partial charge in [-0.1, -0.05) is 18.2 Å². The van der Waals surface area contributed by atoms with E-state index in [-0.39, 0.29) is 0 Å². The van der Waals surface area contributed by atoms with Crippen molar-refractivity contribution in [3.05, 3.63) is 59.4 Å². The summed E-state index contributed by atoms with van der Waals surface area (Å²) in [5.41, 5.74) is 3.06. The third kappa shape index (κ3) is 4.33. The lowest BCUT2D eigenvalue weighted by atomic mass is 10.2. The zero-order valence-electron chi connectivity index (χ0n) is 11.9. The highest BCUT2D eigenvalue weighted by atomic mass is 16.5. The molecule has 0 bridgehead atoms. The minimum atomic E-state index is 0.509. The molecule has 0 amide bonds. The Morgan fingerprint density at radius 3 is 2.65 bits per heavy atom. The van der Waals surface area contributed by atoms with E-state index in [0.717, 1.165) is 29.2 Å². The van der Waals surface area contributed by atoms with Crippen LogP contribution in [0.25, 0.3) is 0 Å². The number of methoxy groups -OCH3 is 1. The second-order valence-corrected chi connectivity index (χ2v) is 4.49. The highest BCUT2D eigenvalue weighted by molar-refractivity contribution is 5.27. The molecule has 1 aromatic carbocycles. The van der Waals surface area contributed by atoms with Gasteiger partial charge in [0, 0.05) is 6.54 Å². The predicted molar refractivity (Wildman–Crippen MR) is 78.5 cm³/mol. The van der Waals surface area contributed by atoms with Crippen molar-refractivity contribution in [2.45, 2.75) is 19.8 Å². The molecule has 1 N–H and O–H groups in total. The summed E-state index contributed by atoms with van der Waals surface area (Å²) in [7, 11) is 3.57. The van der Waals surface area contributed by atoms with Crippen LogP contribution in [0.4, 0.5) is 0 Å². The van der Waals surface area contributed by atoms with Crippen LogP contribution >= 0.6 is 0 Å². The van der Waals surface area contributed by atoms with Crippen LogP contribution in [-0.2, 0) is 24.5 Å². The van der Waals surface area contributed by atoms with Gasteiger partial charge in [0.25, 0.3) is 0 Å². The molecule has 0 spiro atoms. The lowest BCUT2D eigenvalue weighted by Gasteiger charge is -2.07. The molecule has 0 aliphatic rings. The van der Waals surface area contributed by atoms with Gasteiger partial charge in [-0.05, 0) is 36.9 Å². The lowest BCUT2D eigenvalue weighted by Crippen LogP contribution is -2.08. The second kappa shape index (κ2) is 7.62. The molecule has 106 valence electrons. The van der Waals surface area contributed by atoms with Crippen LogP contribution in [0.3, 0.4) is 0 Å². The van der Waals surface area contributed by atoms with Crippen molar-refractivity contribution in [2.24, 2.45) is 0 Å². The van der Waals surface area contributed by atoms with E-state index in [2.05, 4.69) is 10.3 Å². The first kappa shape index (κ1) is 14.5. The van der Waals surface area contributed by atoms with Gasteiger partial charge in [-0.15, -0.1) is 0 Å². The van der Waals surface area contributed by atoms with Gasteiger partial charge >= 0.3 is 0 Å². The monoisotopic (exact) mass is 272 g/mol. The van der Waals surface area contributed by atoms with E-state index in [1.165, 1.54) is 0 Å². The first-order chi connectivity index (χ1) is 9.81. The molecule has 20 heavy (non-hydrogen) atoms. The van der Waals surface area contributed by atoms with Crippen LogP contribution in [-0.4, -0.2) is 19.1 Å². The number of nitrogens with zero attached hydrogens (tertiary/aromatic N) is 1. The van der Waals surface area contributed by atoms with Crippen molar-refractivity contribution < 1.29 is 9.47 Å². The quantitative estimate of drug-likeness (QED) is 0.841. The predicted octanol–water partition coefficient (Wildman–Crippen LogP) is 2.53. The number of hydrogen-bond donors (Lipinski definition) is 1. The van der Waals surface area contributed by atoms with E-state index in [0.29, 0.717) is 13.2 Å². The van der Waals surface area contributed by atoms with Crippen LogP contribution in [0.15, 0.2) is 42.5 Å². The topological polar surface area (TPSA) is 43.4 Å². The van der Waals surface area contributed by atoms with Crippen LogP contribution in [0.2, 0.25) is 0 Å². The molecule has 0 saturated heterocycles. The molecular weight excluding hydrogens is 252 g/mol. The van der Waals surface area contributed by atoms with Gasteiger partial charge in [0.05, 0.1) is 31.7 Å². The van der Waals surface area contributed by atoms with Crippen molar-refractivity contribution in [3.63, 3.8) is 0 Å². The Labute approximate surface area is 119 Å². The molecule has 2 rings (SSSR count). The molecular formula is C16H20N2O2. The summed E-state index contributed by atoms with van der Waals surface area (Å²) in [6.45, 7) is 1.83.